The van der Waals surface area contributed by atoms with Gasteiger partial charge in [-0.05, 0) is 73.0 Å². The van der Waals surface area contributed by atoms with Gasteiger partial charge in [-0.1, -0.05) is 50.2 Å². The van der Waals surface area contributed by atoms with E-state index in [1.54, 1.807) is 41.1 Å². The lowest BCUT2D eigenvalue weighted by Gasteiger charge is -2.37. The Morgan fingerprint density at radius 2 is 1.37 bits per heavy atom. The molecule has 3 heterocycles. The van der Waals surface area contributed by atoms with Crippen molar-refractivity contribution in [3.63, 3.8) is 0 Å². The molecule has 0 bridgehead atoms. The minimum atomic E-state index is -1.27. The molecule has 0 saturated carbocycles. The summed E-state index contributed by atoms with van der Waals surface area (Å²) in [6.07, 6.45) is 0.675. The molecular weight excluding hydrogens is 870 g/mol. The zero-order valence-electron chi connectivity index (χ0n) is 39.1. The molecule has 0 aliphatic carbocycles. The fourth-order valence-corrected chi connectivity index (χ4v) is 8.77. The molecule has 1 spiro atoms. The normalized spacial score (nSPS) is 13.2. The van der Waals surface area contributed by atoms with Crippen LogP contribution >= 0.6 is 0 Å². The van der Waals surface area contributed by atoms with Crippen LogP contribution in [-0.4, -0.2) is 107 Å². The van der Waals surface area contributed by atoms with Crippen molar-refractivity contribution in [1.82, 2.24) is 25.7 Å². The molecule has 2 aliphatic heterocycles. The summed E-state index contributed by atoms with van der Waals surface area (Å²) in [5.41, 5.74) is 3.57. The third kappa shape index (κ3) is 9.21. The van der Waals surface area contributed by atoms with E-state index in [4.69, 9.17) is 18.9 Å². The number of esters is 1. The second-order valence-electron chi connectivity index (χ2n) is 17.2. The Kier molecular flexibility index (Phi) is 13.8. The van der Waals surface area contributed by atoms with Crippen molar-refractivity contribution < 1.29 is 42.5 Å². The Labute approximate surface area is 394 Å². The molecule has 3 amide bonds. The van der Waals surface area contributed by atoms with Gasteiger partial charge in [0, 0.05) is 92.4 Å². The van der Waals surface area contributed by atoms with Crippen LogP contribution in [0.4, 0.5) is 15.8 Å². The lowest BCUT2D eigenvalue weighted by molar-refractivity contribution is -0.128. The summed E-state index contributed by atoms with van der Waals surface area (Å²) in [6.45, 7) is 5.27. The van der Waals surface area contributed by atoms with Crippen LogP contribution in [0.2, 0.25) is 0 Å². The van der Waals surface area contributed by atoms with Crippen molar-refractivity contribution in [3.05, 3.63) is 148 Å². The van der Waals surface area contributed by atoms with Gasteiger partial charge in [-0.2, -0.15) is 5.10 Å². The zero-order chi connectivity index (χ0) is 48.2. The second-order valence-corrected chi connectivity index (χ2v) is 17.2. The number of para-hydroxylation sites is 1. The number of ether oxygens (including phenoxy) is 4. The first kappa shape index (κ1) is 47.2. The summed E-state index contributed by atoms with van der Waals surface area (Å²) in [5.74, 6) is -0.950. The third-order valence-electron chi connectivity index (χ3n) is 12.6. The van der Waals surface area contributed by atoms with E-state index >= 15 is 0 Å². The first-order valence-electron chi connectivity index (χ1n) is 22.7. The average Bonchev–Trinajstić information content (AvgIpc) is 3.85. The van der Waals surface area contributed by atoms with Gasteiger partial charge in [-0.15, -0.1) is 0 Å². The molecule has 6 aromatic rings. The molecule has 0 saturated heterocycles. The molecular formula is C52H56FN7O8. The Morgan fingerprint density at radius 1 is 0.735 bits per heavy atom. The standard InChI is InChI=1S/C52H56FN7O8/c1-7-51(8-2,56-48(62)46-38-14-9-10-15-43(38)60(57-46)32-33-12-11-13-35(53)28-33)50(64)55-23-25-66-27-26-65-24-22-54-47(61)34-16-19-40-39(29-34)49(63)68-52(40)41-20-17-36(58(3)4)30-44(41)67-45-31-37(59(5)6)18-21-42(45)52/h9-21,28-31H,7-8,22-27,32H2,1-6H3,(H,54,61)(H,55,64)(H,56,62). The number of benzene rings is 5. The van der Waals surface area contributed by atoms with Crippen molar-refractivity contribution >= 4 is 46.0 Å². The largest absolute Gasteiger partial charge is 0.456 e. The number of anilines is 2. The van der Waals surface area contributed by atoms with Crippen molar-refractivity contribution in [1.29, 1.82) is 0 Å². The van der Waals surface area contributed by atoms with Crippen molar-refractivity contribution in [3.8, 4) is 11.5 Å². The first-order valence-corrected chi connectivity index (χ1v) is 22.7. The van der Waals surface area contributed by atoms with Gasteiger partial charge in [0.1, 0.15) is 22.9 Å². The van der Waals surface area contributed by atoms with E-state index in [1.165, 1.54) is 12.1 Å². The maximum Gasteiger partial charge on any atom is 0.340 e. The van der Waals surface area contributed by atoms with Crippen molar-refractivity contribution in [2.24, 2.45) is 0 Å². The number of rotatable bonds is 19. The number of aromatic nitrogens is 2. The predicted molar refractivity (Wildman–Crippen MR) is 256 cm³/mol. The van der Waals surface area contributed by atoms with E-state index in [2.05, 4.69) is 21.0 Å². The summed E-state index contributed by atoms with van der Waals surface area (Å²) < 4.78 is 39.8. The average molecular weight is 926 g/mol. The molecule has 15 nitrogen and oxygen atoms in total. The van der Waals surface area contributed by atoms with E-state index in [-0.39, 0.29) is 69.4 Å². The summed E-state index contributed by atoms with van der Waals surface area (Å²) in [4.78, 5) is 58.3. The lowest BCUT2D eigenvalue weighted by atomic mass is 9.77. The summed E-state index contributed by atoms with van der Waals surface area (Å²) in [7, 11) is 7.78. The Hall–Kier alpha value is -7.30. The number of hydrogen-bond donors (Lipinski definition) is 3. The van der Waals surface area contributed by atoms with E-state index < -0.39 is 23.0 Å². The van der Waals surface area contributed by atoms with Gasteiger partial charge in [-0.25, -0.2) is 9.18 Å². The highest BCUT2D eigenvalue weighted by molar-refractivity contribution is 6.07. The molecule has 3 N–H and O–H groups in total. The number of carbonyl (C=O) groups excluding carboxylic acids is 4. The van der Waals surface area contributed by atoms with Gasteiger partial charge in [0.25, 0.3) is 11.8 Å². The van der Waals surface area contributed by atoms with Gasteiger partial charge < -0.3 is 44.7 Å². The Morgan fingerprint density at radius 3 is 2.00 bits per heavy atom. The number of halogens is 1. The molecule has 68 heavy (non-hydrogen) atoms. The Balaban J connectivity index is 0.802. The number of hydrogen-bond acceptors (Lipinski definition) is 11. The highest BCUT2D eigenvalue weighted by atomic mass is 19.1. The topological polar surface area (TPSA) is 166 Å². The van der Waals surface area contributed by atoms with Crippen LogP contribution in [0.25, 0.3) is 10.9 Å². The molecule has 354 valence electrons. The van der Waals surface area contributed by atoms with E-state index in [0.717, 1.165) is 11.4 Å². The summed E-state index contributed by atoms with van der Waals surface area (Å²) in [6, 6.07) is 30.2. The van der Waals surface area contributed by atoms with Crippen molar-refractivity contribution in [2.75, 3.05) is 77.5 Å². The Bertz CT molecular complexity index is 2820. The first-order chi connectivity index (χ1) is 32.8. The van der Waals surface area contributed by atoms with Gasteiger partial charge in [-0.3, -0.25) is 19.1 Å². The molecule has 2 aliphatic rings. The molecule has 16 heteroatoms. The molecule has 1 aromatic heterocycles. The molecule has 0 unspecified atom stereocenters. The number of fused-ring (bicyclic) bond motifs is 7. The quantitative estimate of drug-likeness (QED) is 0.0579. The summed E-state index contributed by atoms with van der Waals surface area (Å²) >= 11 is 0. The van der Waals surface area contributed by atoms with E-state index in [9.17, 15) is 23.6 Å². The van der Waals surface area contributed by atoms with Crippen LogP contribution < -0.4 is 30.5 Å². The number of nitrogens with one attached hydrogen (secondary N) is 3. The lowest BCUT2D eigenvalue weighted by Crippen LogP contribution is -2.58. The highest BCUT2D eigenvalue weighted by Gasteiger charge is 2.54. The van der Waals surface area contributed by atoms with Gasteiger partial charge in [0.15, 0.2) is 11.3 Å². The van der Waals surface area contributed by atoms with Crippen LogP contribution in [0.1, 0.15) is 80.1 Å². The monoisotopic (exact) mass is 925 g/mol. The number of amides is 3. The van der Waals surface area contributed by atoms with E-state index in [0.29, 0.717) is 68.6 Å². The van der Waals surface area contributed by atoms with Gasteiger partial charge in [0.2, 0.25) is 5.91 Å². The minimum Gasteiger partial charge on any atom is -0.456 e. The van der Waals surface area contributed by atoms with Gasteiger partial charge >= 0.3 is 5.97 Å². The highest BCUT2D eigenvalue weighted by Crippen LogP contribution is 2.57. The molecule has 8 rings (SSSR count). The predicted octanol–water partition coefficient (Wildman–Crippen LogP) is 6.79. The molecule has 0 radical (unpaired) electrons. The van der Waals surface area contributed by atoms with Crippen LogP contribution in [-0.2, 0) is 31.2 Å². The number of nitrogens with zero attached hydrogens (tertiary/aromatic N) is 4. The van der Waals surface area contributed by atoms with Gasteiger partial charge in [0.05, 0.1) is 44.1 Å². The maximum absolute atomic E-state index is 13.9. The molecule has 0 fully saturated rings. The zero-order valence-corrected chi connectivity index (χ0v) is 39.1. The second kappa shape index (κ2) is 19.9. The van der Waals surface area contributed by atoms with Crippen LogP contribution in [0.15, 0.2) is 103 Å². The smallest absolute Gasteiger partial charge is 0.340 e. The fraction of sp³-hybridized carbons (Fsp3) is 0.327. The maximum atomic E-state index is 13.9. The fourth-order valence-electron chi connectivity index (χ4n) is 8.77. The summed E-state index contributed by atoms with van der Waals surface area (Å²) in [5, 5.41) is 13.9. The van der Waals surface area contributed by atoms with Crippen LogP contribution in [0.3, 0.4) is 0 Å². The molecule has 5 aromatic carbocycles. The third-order valence-corrected chi connectivity index (χ3v) is 12.6. The minimum absolute atomic E-state index is 0.175. The van der Waals surface area contributed by atoms with Crippen molar-refractivity contribution in [2.45, 2.75) is 44.4 Å². The van der Waals surface area contributed by atoms with Crippen LogP contribution in [0, 0.1) is 5.82 Å². The number of carbonyl (C=O) groups is 4. The molecule has 0 atom stereocenters. The SMILES string of the molecule is CCC(CC)(NC(=O)c1nn(Cc2cccc(F)c2)c2ccccc12)C(=O)NCCOCCOCCNC(=O)c1ccc2c(c1)C(=O)OC21c2ccc(N(C)C)cc2Oc2cc(N(C)C)ccc21. The van der Waals surface area contributed by atoms with Crippen LogP contribution in [0.5, 0.6) is 11.5 Å². The van der Waals surface area contributed by atoms with E-state index in [1.807, 2.05) is 106 Å².